The van der Waals surface area contributed by atoms with Crippen molar-refractivity contribution in [3.63, 3.8) is 0 Å². The van der Waals surface area contributed by atoms with Crippen LogP contribution in [0.3, 0.4) is 0 Å². The summed E-state index contributed by atoms with van der Waals surface area (Å²) in [4.78, 5) is 0. The minimum Gasteiger partial charge on any atom is -0.489 e. The van der Waals surface area contributed by atoms with Gasteiger partial charge in [-0.1, -0.05) is 15.9 Å². The molecule has 1 fully saturated rings. The fraction of sp³-hybridized carbons (Fsp3) is 0.571. The Morgan fingerprint density at radius 2 is 1.72 bits per heavy atom. The summed E-state index contributed by atoms with van der Waals surface area (Å²) in [5.74, 6) is 1.63. The molecular weight excluding hydrogens is 294 g/mol. The second kappa shape index (κ2) is 3.87. The van der Waals surface area contributed by atoms with E-state index in [9.17, 15) is 0 Å². The number of hydrogen-bond acceptors (Lipinski definition) is 3. The molecule has 1 aliphatic heterocycles. The SMILES string of the molecule is CC(C)(N)c1cc2c(cc1Br)OCC1(CC1)CO2. The molecule has 18 heavy (non-hydrogen) atoms. The van der Waals surface area contributed by atoms with Gasteiger partial charge in [-0.3, -0.25) is 0 Å². The fourth-order valence-corrected chi connectivity index (χ4v) is 3.06. The predicted octanol–water partition coefficient (Wildman–Crippen LogP) is 3.19. The van der Waals surface area contributed by atoms with E-state index in [0.29, 0.717) is 0 Å². The molecule has 1 aliphatic carbocycles. The van der Waals surface area contributed by atoms with Gasteiger partial charge in [-0.05, 0) is 44.4 Å². The third-order valence-corrected chi connectivity index (χ3v) is 4.41. The van der Waals surface area contributed by atoms with Gasteiger partial charge in [-0.15, -0.1) is 0 Å². The zero-order chi connectivity index (χ0) is 13.0. The fourth-order valence-electron chi connectivity index (χ4n) is 2.22. The van der Waals surface area contributed by atoms with Crippen LogP contribution in [0.1, 0.15) is 32.3 Å². The first-order chi connectivity index (χ1) is 8.40. The lowest BCUT2D eigenvalue weighted by Crippen LogP contribution is -2.29. The summed E-state index contributed by atoms with van der Waals surface area (Å²) in [6, 6.07) is 3.97. The van der Waals surface area contributed by atoms with Crippen molar-refractivity contribution in [2.45, 2.75) is 32.2 Å². The quantitative estimate of drug-likeness (QED) is 0.866. The number of nitrogens with two attached hydrogens (primary N) is 1. The van der Waals surface area contributed by atoms with Crippen LogP contribution in [0.2, 0.25) is 0 Å². The van der Waals surface area contributed by atoms with Crippen LogP contribution in [-0.2, 0) is 5.54 Å². The Morgan fingerprint density at radius 1 is 1.17 bits per heavy atom. The first kappa shape index (κ1) is 12.3. The van der Waals surface area contributed by atoms with Gasteiger partial charge in [0.15, 0.2) is 11.5 Å². The molecule has 0 aromatic heterocycles. The van der Waals surface area contributed by atoms with E-state index < -0.39 is 5.54 Å². The van der Waals surface area contributed by atoms with Crippen LogP contribution in [-0.4, -0.2) is 13.2 Å². The minimum atomic E-state index is -0.402. The zero-order valence-electron chi connectivity index (χ0n) is 10.8. The molecule has 3 nitrogen and oxygen atoms in total. The van der Waals surface area contributed by atoms with Crippen LogP contribution in [0, 0.1) is 5.41 Å². The first-order valence-corrected chi connectivity index (χ1v) is 7.08. The Kier molecular flexibility index (Phi) is 2.65. The van der Waals surface area contributed by atoms with Crippen LogP contribution in [0.25, 0.3) is 0 Å². The van der Waals surface area contributed by atoms with Gasteiger partial charge in [-0.2, -0.15) is 0 Å². The largest absolute Gasteiger partial charge is 0.489 e. The topological polar surface area (TPSA) is 44.5 Å². The molecule has 4 heteroatoms. The lowest BCUT2D eigenvalue weighted by molar-refractivity contribution is 0.197. The van der Waals surface area contributed by atoms with Gasteiger partial charge in [0.1, 0.15) is 0 Å². The summed E-state index contributed by atoms with van der Waals surface area (Å²) in [6.45, 7) is 5.49. The average Bonchev–Trinajstić information content (AvgIpc) is 3.06. The Labute approximate surface area is 116 Å². The third kappa shape index (κ3) is 2.12. The molecule has 98 valence electrons. The van der Waals surface area contributed by atoms with E-state index in [2.05, 4.69) is 15.9 Å². The molecule has 1 spiro atoms. The average molecular weight is 312 g/mol. The molecule has 1 saturated carbocycles. The Balaban J connectivity index is 1.98. The monoisotopic (exact) mass is 311 g/mol. The molecule has 0 bridgehead atoms. The van der Waals surface area contributed by atoms with Crippen molar-refractivity contribution in [3.8, 4) is 11.5 Å². The van der Waals surface area contributed by atoms with Crippen molar-refractivity contribution < 1.29 is 9.47 Å². The molecular formula is C14H18BrNO2. The highest BCUT2D eigenvalue weighted by Crippen LogP contribution is 2.50. The number of ether oxygens (including phenoxy) is 2. The number of benzene rings is 1. The van der Waals surface area contributed by atoms with Crippen LogP contribution >= 0.6 is 15.9 Å². The van der Waals surface area contributed by atoms with Gasteiger partial charge in [0, 0.05) is 15.4 Å². The molecule has 1 aromatic rings. The molecule has 0 radical (unpaired) electrons. The van der Waals surface area contributed by atoms with E-state index in [1.165, 1.54) is 12.8 Å². The normalized spacial score (nSPS) is 20.7. The van der Waals surface area contributed by atoms with E-state index in [4.69, 9.17) is 15.2 Å². The molecule has 2 aliphatic rings. The molecule has 1 heterocycles. The van der Waals surface area contributed by atoms with Gasteiger partial charge < -0.3 is 15.2 Å². The van der Waals surface area contributed by atoms with Crippen LogP contribution in [0.4, 0.5) is 0 Å². The van der Waals surface area contributed by atoms with Crippen molar-refractivity contribution in [2.24, 2.45) is 11.1 Å². The molecule has 0 atom stereocenters. The summed E-state index contributed by atoms with van der Waals surface area (Å²) in [5, 5.41) is 0. The molecule has 3 rings (SSSR count). The lowest BCUT2D eigenvalue weighted by Gasteiger charge is -2.22. The Morgan fingerprint density at radius 3 is 2.22 bits per heavy atom. The van der Waals surface area contributed by atoms with Crippen LogP contribution < -0.4 is 15.2 Å². The van der Waals surface area contributed by atoms with Gasteiger partial charge in [0.25, 0.3) is 0 Å². The maximum absolute atomic E-state index is 6.17. The second-order valence-corrected chi connectivity index (χ2v) is 6.93. The van der Waals surface area contributed by atoms with E-state index in [-0.39, 0.29) is 5.41 Å². The smallest absolute Gasteiger partial charge is 0.162 e. The number of halogens is 1. The highest BCUT2D eigenvalue weighted by molar-refractivity contribution is 9.10. The van der Waals surface area contributed by atoms with E-state index >= 15 is 0 Å². The maximum Gasteiger partial charge on any atom is 0.162 e. The van der Waals surface area contributed by atoms with Gasteiger partial charge in [0.05, 0.1) is 13.2 Å². The molecule has 2 N–H and O–H groups in total. The lowest BCUT2D eigenvalue weighted by atomic mass is 9.95. The maximum atomic E-state index is 6.17. The molecule has 0 amide bonds. The minimum absolute atomic E-state index is 0.268. The third-order valence-electron chi connectivity index (χ3n) is 3.75. The molecule has 0 unspecified atom stereocenters. The number of fused-ring (bicyclic) bond motifs is 1. The van der Waals surface area contributed by atoms with E-state index in [1.54, 1.807) is 0 Å². The number of rotatable bonds is 1. The highest BCUT2D eigenvalue weighted by Gasteiger charge is 2.46. The first-order valence-electron chi connectivity index (χ1n) is 6.28. The Bertz CT molecular complexity index is 489. The molecule has 0 saturated heterocycles. The van der Waals surface area contributed by atoms with Crippen molar-refractivity contribution >= 4 is 15.9 Å². The molecule has 1 aromatic carbocycles. The van der Waals surface area contributed by atoms with E-state index in [0.717, 1.165) is 34.7 Å². The highest BCUT2D eigenvalue weighted by atomic mass is 79.9. The van der Waals surface area contributed by atoms with Crippen LogP contribution in [0.5, 0.6) is 11.5 Å². The van der Waals surface area contributed by atoms with E-state index in [1.807, 2.05) is 26.0 Å². The van der Waals surface area contributed by atoms with Crippen molar-refractivity contribution in [3.05, 3.63) is 22.2 Å². The van der Waals surface area contributed by atoms with Gasteiger partial charge >= 0.3 is 0 Å². The van der Waals surface area contributed by atoms with Crippen molar-refractivity contribution in [1.29, 1.82) is 0 Å². The standard InChI is InChI=1S/C14H18BrNO2/c1-13(2,16)9-5-11-12(6-10(9)15)18-8-14(3-4-14)7-17-11/h5-6H,3-4,7-8,16H2,1-2H3. The second-order valence-electron chi connectivity index (χ2n) is 6.08. The number of hydrogen-bond donors (Lipinski definition) is 1. The van der Waals surface area contributed by atoms with Crippen LogP contribution in [0.15, 0.2) is 16.6 Å². The van der Waals surface area contributed by atoms with Gasteiger partial charge in [-0.25, -0.2) is 0 Å². The van der Waals surface area contributed by atoms with Crippen molar-refractivity contribution in [1.82, 2.24) is 0 Å². The summed E-state index contributed by atoms with van der Waals surface area (Å²) < 4.78 is 12.8. The van der Waals surface area contributed by atoms with Crippen molar-refractivity contribution in [2.75, 3.05) is 13.2 Å². The van der Waals surface area contributed by atoms with Gasteiger partial charge in [0.2, 0.25) is 0 Å². The predicted molar refractivity (Wildman–Crippen MR) is 74.0 cm³/mol. The Hall–Kier alpha value is -0.740. The summed E-state index contributed by atoms with van der Waals surface area (Å²) in [6.07, 6.45) is 2.41. The summed E-state index contributed by atoms with van der Waals surface area (Å²) in [7, 11) is 0. The summed E-state index contributed by atoms with van der Waals surface area (Å²) >= 11 is 3.57. The summed E-state index contributed by atoms with van der Waals surface area (Å²) in [5.41, 5.74) is 7.07. The zero-order valence-corrected chi connectivity index (χ0v) is 12.3.